The lowest BCUT2D eigenvalue weighted by atomic mass is 10.1. The number of hydrogen-bond acceptors (Lipinski definition) is 3. The van der Waals surface area contributed by atoms with Crippen molar-refractivity contribution in [1.29, 1.82) is 0 Å². The number of aromatic amines is 1. The summed E-state index contributed by atoms with van der Waals surface area (Å²) < 4.78 is 0. The number of carbonyl (C=O) groups excluding carboxylic acids is 1. The van der Waals surface area contributed by atoms with Crippen molar-refractivity contribution in [1.82, 2.24) is 20.5 Å². The Kier molecular flexibility index (Phi) is 5.01. The van der Waals surface area contributed by atoms with Gasteiger partial charge in [0.05, 0.1) is 6.42 Å². The summed E-state index contributed by atoms with van der Waals surface area (Å²) in [6, 6.07) is 17.9. The van der Waals surface area contributed by atoms with Crippen LogP contribution in [0.25, 0.3) is 11.4 Å². The van der Waals surface area contributed by atoms with Crippen LogP contribution in [0, 0.1) is 0 Å². The number of nitrogens with one attached hydrogen (secondary N) is 2. The number of carbonyl (C=O) groups is 1. The highest BCUT2D eigenvalue weighted by atomic mass is 16.1. The molecule has 24 heavy (non-hydrogen) atoms. The summed E-state index contributed by atoms with van der Waals surface area (Å²) in [5.74, 6) is 1.09. The van der Waals surface area contributed by atoms with Crippen molar-refractivity contribution in [3.05, 3.63) is 71.5 Å². The minimum absolute atomic E-state index is 0.0784. The third kappa shape index (κ3) is 4.07. The largest absolute Gasteiger partial charge is 0.352 e. The van der Waals surface area contributed by atoms with Gasteiger partial charge in [0.15, 0.2) is 5.82 Å². The predicted octanol–water partition coefficient (Wildman–Crippen LogP) is 2.89. The minimum atomic E-state index is -0.0784. The van der Waals surface area contributed by atoms with Gasteiger partial charge in [0.25, 0.3) is 0 Å². The Morgan fingerprint density at radius 1 is 1.04 bits per heavy atom. The van der Waals surface area contributed by atoms with E-state index in [9.17, 15) is 4.79 Å². The Hall–Kier alpha value is -2.95. The zero-order valence-corrected chi connectivity index (χ0v) is 13.6. The number of aryl methyl sites for hydroxylation is 1. The molecule has 0 bridgehead atoms. The van der Waals surface area contributed by atoms with E-state index < -0.39 is 0 Å². The summed E-state index contributed by atoms with van der Waals surface area (Å²) in [6.07, 6.45) is 1.20. The standard InChI is InChI=1S/C19H20N4O/c1-2-14-8-10-15(11-9-14)13-20-18(24)12-17-21-19(23-22-17)16-6-4-3-5-7-16/h3-11H,2,12-13H2,1H3,(H,20,24)(H,21,22,23). The SMILES string of the molecule is CCc1ccc(CNC(=O)Cc2nc(-c3ccccc3)n[nH]2)cc1. The van der Waals surface area contributed by atoms with E-state index >= 15 is 0 Å². The first-order valence-corrected chi connectivity index (χ1v) is 8.06. The van der Waals surface area contributed by atoms with E-state index in [0.29, 0.717) is 18.2 Å². The molecule has 0 aliphatic rings. The summed E-state index contributed by atoms with van der Waals surface area (Å²) in [5, 5.41) is 9.89. The van der Waals surface area contributed by atoms with Gasteiger partial charge < -0.3 is 5.32 Å². The highest BCUT2D eigenvalue weighted by molar-refractivity contribution is 5.77. The van der Waals surface area contributed by atoms with Crippen molar-refractivity contribution in [2.24, 2.45) is 0 Å². The molecule has 0 aliphatic carbocycles. The molecule has 3 aromatic rings. The lowest BCUT2D eigenvalue weighted by molar-refractivity contribution is -0.120. The van der Waals surface area contributed by atoms with Crippen molar-refractivity contribution >= 4 is 5.91 Å². The van der Waals surface area contributed by atoms with Crippen LogP contribution in [0.4, 0.5) is 0 Å². The molecule has 0 saturated heterocycles. The van der Waals surface area contributed by atoms with E-state index in [1.165, 1.54) is 5.56 Å². The number of H-pyrrole nitrogens is 1. The molecule has 1 amide bonds. The Morgan fingerprint density at radius 2 is 1.75 bits per heavy atom. The first kappa shape index (κ1) is 15.9. The van der Waals surface area contributed by atoms with Crippen molar-refractivity contribution < 1.29 is 4.79 Å². The summed E-state index contributed by atoms with van der Waals surface area (Å²) in [5.41, 5.74) is 3.31. The lowest BCUT2D eigenvalue weighted by Crippen LogP contribution is -2.25. The van der Waals surface area contributed by atoms with Gasteiger partial charge >= 0.3 is 0 Å². The molecule has 2 N–H and O–H groups in total. The van der Waals surface area contributed by atoms with E-state index in [1.807, 2.05) is 42.5 Å². The van der Waals surface area contributed by atoms with Gasteiger partial charge in [-0.25, -0.2) is 4.98 Å². The molecule has 2 aromatic carbocycles. The van der Waals surface area contributed by atoms with Gasteiger partial charge in [0.1, 0.15) is 5.82 Å². The Morgan fingerprint density at radius 3 is 2.46 bits per heavy atom. The molecule has 0 aliphatic heterocycles. The van der Waals surface area contributed by atoms with E-state index in [2.05, 4.69) is 39.6 Å². The molecule has 0 saturated carbocycles. The second-order valence-corrected chi connectivity index (χ2v) is 5.60. The number of benzene rings is 2. The quantitative estimate of drug-likeness (QED) is 0.733. The van der Waals surface area contributed by atoms with E-state index in [1.54, 1.807) is 0 Å². The number of amides is 1. The molecule has 0 atom stereocenters. The molecular weight excluding hydrogens is 300 g/mol. The van der Waals surface area contributed by atoms with Gasteiger partial charge in [-0.2, -0.15) is 5.10 Å². The lowest BCUT2D eigenvalue weighted by Gasteiger charge is -2.05. The monoisotopic (exact) mass is 320 g/mol. The number of aromatic nitrogens is 3. The average molecular weight is 320 g/mol. The smallest absolute Gasteiger partial charge is 0.227 e. The van der Waals surface area contributed by atoms with Gasteiger partial charge in [0, 0.05) is 12.1 Å². The summed E-state index contributed by atoms with van der Waals surface area (Å²) in [6.45, 7) is 2.64. The van der Waals surface area contributed by atoms with Gasteiger partial charge in [-0.15, -0.1) is 0 Å². The average Bonchev–Trinajstić information content (AvgIpc) is 3.09. The van der Waals surface area contributed by atoms with E-state index in [0.717, 1.165) is 17.5 Å². The maximum absolute atomic E-state index is 12.1. The third-order valence-electron chi connectivity index (χ3n) is 3.81. The van der Waals surface area contributed by atoms with Crippen molar-refractivity contribution in [2.75, 3.05) is 0 Å². The third-order valence-corrected chi connectivity index (χ3v) is 3.81. The zero-order chi connectivity index (χ0) is 16.8. The topological polar surface area (TPSA) is 70.7 Å². The fourth-order valence-electron chi connectivity index (χ4n) is 2.40. The van der Waals surface area contributed by atoms with Crippen LogP contribution in [0.5, 0.6) is 0 Å². The molecule has 0 spiro atoms. The summed E-state index contributed by atoms with van der Waals surface area (Å²) >= 11 is 0. The van der Waals surface area contributed by atoms with Gasteiger partial charge in [-0.1, -0.05) is 61.5 Å². The fourth-order valence-corrected chi connectivity index (χ4v) is 2.40. The highest BCUT2D eigenvalue weighted by Crippen LogP contribution is 2.13. The van der Waals surface area contributed by atoms with Crippen LogP contribution in [0.3, 0.4) is 0 Å². The van der Waals surface area contributed by atoms with Crippen molar-refractivity contribution in [2.45, 2.75) is 26.3 Å². The molecule has 1 aromatic heterocycles. The zero-order valence-electron chi connectivity index (χ0n) is 13.6. The van der Waals surface area contributed by atoms with E-state index in [4.69, 9.17) is 0 Å². The number of nitrogens with zero attached hydrogens (tertiary/aromatic N) is 2. The summed E-state index contributed by atoms with van der Waals surface area (Å²) in [4.78, 5) is 16.4. The molecular formula is C19H20N4O. The van der Waals surface area contributed by atoms with Crippen molar-refractivity contribution in [3.8, 4) is 11.4 Å². The Balaban J connectivity index is 1.54. The normalized spacial score (nSPS) is 10.5. The molecule has 5 nitrogen and oxygen atoms in total. The molecule has 122 valence electrons. The number of hydrogen-bond donors (Lipinski definition) is 2. The van der Waals surface area contributed by atoms with Crippen LogP contribution in [0.1, 0.15) is 23.9 Å². The van der Waals surface area contributed by atoms with Gasteiger partial charge in [-0.05, 0) is 17.5 Å². The van der Waals surface area contributed by atoms with Gasteiger partial charge in [-0.3, -0.25) is 9.89 Å². The van der Waals surface area contributed by atoms with Crippen LogP contribution in [-0.4, -0.2) is 21.1 Å². The molecule has 5 heteroatoms. The minimum Gasteiger partial charge on any atom is -0.352 e. The van der Waals surface area contributed by atoms with Crippen molar-refractivity contribution in [3.63, 3.8) is 0 Å². The van der Waals surface area contributed by atoms with Crippen LogP contribution in [0.2, 0.25) is 0 Å². The molecule has 0 radical (unpaired) electrons. The predicted molar refractivity (Wildman–Crippen MR) is 93.2 cm³/mol. The summed E-state index contributed by atoms with van der Waals surface area (Å²) in [7, 11) is 0. The maximum Gasteiger partial charge on any atom is 0.227 e. The van der Waals surface area contributed by atoms with Crippen LogP contribution in [-0.2, 0) is 24.2 Å². The second-order valence-electron chi connectivity index (χ2n) is 5.60. The molecule has 1 heterocycles. The van der Waals surface area contributed by atoms with Crippen LogP contribution in [0.15, 0.2) is 54.6 Å². The highest BCUT2D eigenvalue weighted by Gasteiger charge is 2.09. The van der Waals surface area contributed by atoms with Crippen LogP contribution >= 0.6 is 0 Å². The van der Waals surface area contributed by atoms with E-state index in [-0.39, 0.29) is 12.3 Å². The molecule has 0 fully saturated rings. The van der Waals surface area contributed by atoms with Crippen LogP contribution < -0.4 is 5.32 Å². The number of rotatable bonds is 6. The Bertz CT molecular complexity index is 794. The Labute approximate surface area is 141 Å². The second kappa shape index (κ2) is 7.55. The first-order chi connectivity index (χ1) is 11.7. The molecule has 3 rings (SSSR count). The molecule has 0 unspecified atom stereocenters. The van der Waals surface area contributed by atoms with Gasteiger partial charge in [0.2, 0.25) is 5.91 Å². The fraction of sp³-hybridized carbons (Fsp3) is 0.211. The maximum atomic E-state index is 12.1. The first-order valence-electron chi connectivity index (χ1n) is 8.06.